The second-order valence-electron chi connectivity index (χ2n) is 4.90. The summed E-state index contributed by atoms with van der Waals surface area (Å²) >= 11 is 1.94. The summed E-state index contributed by atoms with van der Waals surface area (Å²) in [6.45, 7) is 7.86. The van der Waals surface area contributed by atoms with Gasteiger partial charge in [0.1, 0.15) is 0 Å². The summed E-state index contributed by atoms with van der Waals surface area (Å²) in [5, 5.41) is 3.38. The molecule has 1 aromatic rings. The first-order valence-corrected chi connectivity index (χ1v) is 9.06. The van der Waals surface area contributed by atoms with E-state index in [2.05, 4.69) is 38.2 Å². The monoisotopic (exact) mass is 311 g/mol. The van der Waals surface area contributed by atoms with Crippen molar-refractivity contribution in [3.05, 3.63) is 23.8 Å². The van der Waals surface area contributed by atoms with E-state index < -0.39 is 0 Å². The van der Waals surface area contributed by atoms with E-state index in [1.807, 2.05) is 24.9 Å². The van der Waals surface area contributed by atoms with Crippen molar-refractivity contribution in [2.75, 3.05) is 31.8 Å². The maximum absolute atomic E-state index is 5.86. The van der Waals surface area contributed by atoms with E-state index in [0.717, 1.165) is 49.1 Å². The Balaban J connectivity index is 2.89. The smallest absolute Gasteiger partial charge is 0.161 e. The molecule has 1 N–H and O–H groups in total. The highest BCUT2D eigenvalue weighted by Crippen LogP contribution is 2.31. The zero-order valence-corrected chi connectivity index (χ0v) is 14.6. The lowest BCUT2D eigenvalue weighted by molar-refractivity contribution is 0.268. The minimum atomic E-state index is 0.346. The van der Waals surface area contributed by atoms with Gasteiger partial charge in [-0.1, -0.05) is 26.8 Å². The standard InChI is InChI=1S/C17H29NO2S/c1-5-10-19-16-9-8-14(12-17(16)20-11-6-2)15(18-4)13-21-7-3/h8-9,12,15,18H,5-7,10-11,13H2,1-4H3. The van der Waals surface area contributed by atoms with Gasteiger partial charge in [0.05, 0.1) is 13.2 Å². The fourth-order valence-corrected chi connectivity index (χ4v) is 2.81. The van der Waals surface area contributed by atoms with Crippen molar-refractivity contribution in [1.29, 1.82) is 0 Å². The van der Waals surface area contributed by atoms with E-state index in [0.29, 0.717) is 6.04 Å². The summed E-state index contributed by atoms with van der Waals surface area (Å²) in [7, 11) is 2.01. The van der Waals surface area contributed by atoms with Crippen LogP contribution in [0.3, 0.4) is 0 Å². The highest BCUT2D eigenvalue weighted by Gasteiger charge is 2.13. The molecule has 0 radical (unpaired) electrons. The third kappa shape index (κ3) is 6.18. The molecule has 0 saturated carbocycles. The van der Waals surface area contributed by atoms with Crippen molar-refractivity contribution >= 4 is 11.8 Å². The molecule has 3 nitrogen and oxygen atoms in total. The Morgan fingerprint density at radius 2 is 1.71 bits per heavy atom. The van der Waals surface area contributed by atoms with Gasteiger partial charge in [0, 0.05) is 11.8 Å². The quantitative estimate of drug-likeness (QED) is 0.661. The van der Waals surface area contributed by atoms with Gasteiger partial charge in [0.25, 0.3) is 0 Å². The van der Waals surface area contributed by atoms with E-state index in [-0.39, 0.29) is 0 Å². The number of rotatable bonds is 11. The highest BCUT2D eigenvalue weighted by atomic mass is 32.2. The summed E-state index contributed by atoms with van der Waals surface area (Å²) in [6.07, 6.45) is 2.00. The molecule has 0 saturated heterocycles. The zero-order valence-electron chi connectivity index (χ0n) is 13.8. The molecule has 1 rings (SSSR count). The van der Waals surface area contributed by atoms with Gasteiger partial charge < -0.3 is 14.8 Å². The van der Waals surface area contributed by atoms with Crippen LogP contribution in [-0.2, 0) is 0 Å². The fraction of sp³-hybridized carbons (Fsp3) is 0.647. The van der Waals surface area contributed by atoms with E-state index in [1.54, 1.807) is 0 Å². The maximum atomic E-state index is 5.86. The molecule has 1 unspecified atom stereocenters. The van der Waals surface area contributed by atoms with E-state index in [9.17, 15) is 0 Å². The van der Waals surface area contributed by atoms with Crippen LogP contribution in [0.15, 0.2) is 18.2 Å². The molecule has 0 aliphatic carbocycles. The summed E-state index contributed by atoms with van der Waals surface area (Å²) < 4.78 is 11.6. The van der Waals surface area contributed by atoms with Crippen molar-refractivity contribution in [3.63, 3.8) is 0 Å². The van der Waals surface area contributed by atoms with Gasteiger partial charge in [-0.05, 0) is 43.3 Å². The van der Waals surface area contributed by atoms with E-state index in [4.69, 9.17) is 9.47 Å². The van der Waals surface area contributed by atoms with Crippen molar-refractivity contribution in [2.24, 2.45) is 0 Å². The van der Waals surface area contributed by atoms with Crippen LogP contribution in [0.25, 0.3) is 0 Å². The fourth-order valence-electron chi connectivity index (χ4n) is 1.98. The average molecular weight is 311 g/mol. The lowest BCUT2D eigenvalue weighted by atomic mass is 10.1. The van der Waals surface area contributed by atoms with Crippen LogP contribution in [0, 0.1) is 0 Å². The Labute approximate surface area is 133 Å². The second kappa shape index (κ2) is 10.8. The first-order valence-electron chi connectivity index (χ1n) is 7.91. The molecule has 0 aliphatic rings. The van der Waals surface area contributed by atoms with Crippen molar-refractivity contribution in [2.45, 2.75) is 39.7 Å². The van der Waals surface area contributed by atoms with Crippen LogP contribution >= 0.6 is 11.8 Å². The van der Waals surface area contributed by atoms with Gasteiger partial charge in [-0.2, -0.15) is 11.8 Å². The summed E-state index contributed by atoms with van der Waals surface area (Å²) in [5.41, 5.74) is 1.26. The van der Waals surface area contributed by atoms with Gasteiger partial charge in [-0.25, -0.2) is 0 Å². The molecule has 1 atom stereocenters. The minimum Gasteiger partial charge on any atom is -0.490 e. The zero-order chi connectivity index (χ0) is 15.5. The maximum Gasteiger partial charge on any atom is 0.161 e. The number of hydrogen-bond donors (Lipinski definition) is 1. The molecule has 0 aliphatic heterocycles. The molecule has 0 aromatic heterocycles. The number of benzene rings is 1. The topological polar surface area (TPSA) is 30.5 Å². The molecule has 0 fully saturated rings. The summed E-state index contributed by atoms with van der Waals surface area (Å²) in [5.74, 6) is 3.92. The number of thioether (sulfide) groups is 1. The molecular weight excluding hydrogens is 282 g/mol. The van der Waals surface area contributed by atoms with Gasteiger partial charge in [0.15, 0.2) is 11.5 Å². The average Bonchev–Trinajstić information content (AvgIpc) is 2.52. The Kier molecular flexibility index (Phi) is 9.35. The normalized spacial score (nSPS) is 12.2. The molecule has 0 heterocycles. The molecule has 0 bridgehead atoms. The summed E-state index contributed by atoms with van der Waals surface area (Å²) in [6, 6.07) is 6.65. The predicted octanol–water partition coefficient (Wildman–Crippen LogP) is 4.28. The van der Waals surface area contributed by atoms with Crippen LogP contribution in [0.4, 0.5) is 0 Å². The number of hydrogen-bond acceptors (Lipinski definition) is 4. The van der Waals surface area contributed by atoms with Crippen molar-refractivity contribution < 1.29 is 9.47 Å². The van der Waals surface area contributed by atoms with Crippen LogP contribution in [0.1, 0.15) is 45.2 Å². The Bertz CT molecular complexity index is 398. The SMILES string of the molecule is CCCOc1ccc(C(CSCC)NC)cc1OCCC. The van der Waals surface area contributed by atoms with Gasteiger partial charge in [0.2, 0.25) is 0 Å². The number of nitrogens with one attached hydrogen (secondary N) is 1. The molecule has 0 amide bonds. The Morgan fingerprint density at radius 1 is 1.05 bits per heavy atom. The first-order chi connectivity index (χ1) is 10.3. The number of ether oxygens (including phenoxy) is 2. The molecule has 1 aromatic carbocycles. The molecule has 21 heavy (non-hydrogen) atoms. The van der Waals surface area contributed by atoms with E-state index >= 15 is 0 Å². The van der Waals surface area contributed by atoms with Crippen LogP contribution in [0.5, 0.6) is 11.5 Å². The lowest BCUT2D eigenvalue weighted by Gasteiger charge is -2.19. The Morgan fingerprint density at radius 3 is 2.29 bits per heavy atom. The predicted molar refractivity (Wildman–Crippen MR) is 92.8 cm³/mol. The Hall–Kier alpha value is -0.870. The third-order valence-electron chi connectivity index (χ3n) is 3.13. The first kappa shape index (κ1) is 18.2. The van der Waals surface area contributed by atoms with Crippen LogP contribution in [-0.4, -0.2) is 31.8 Å². The summed E-state index contributed by atoms with van der Waals surface area (Å²) in [4.78, 5) is 0. The van der Waals surface area contributed by atoms with Crippen LogP contribution < -0.4 is 14.8 Å². The molecule has 120 valence electrons. The van der Waals surface area contributed by atoms with Crippen molar-refractivity contribution in [1.82, 2.24) is 5.32 Å². The van der Waals surface area contributed by atoms with Crippen molar-refractivity contribution in [3.8, 4) is 11.5 Å². The molecular formula is C17H29NO2S. The second-order valence-corrected chi connectivity index (χ2v) is 6.22. The van der Waals surface area contributed by atoms with Crippen LogP contribution in [0.2, 0.25) is 0 Å². The highest BCUT2D eigenvalue weighted by molar-refractivity contribution is 7.99. The molecule has 0 spiro atoms. The minimum absolute atomic E-state index is 0.346. The van der Waals surface area contributed by atoms with Gasteiger partial charge in [-0.3, -0.25) is 0 Å². The largest absolute Gasteiger partial charge is 0.490 e. The van der Waals surface area contributed by atoms with Gasteiger partial charge in [-0.15, -0.1) is 0 Å². The lowest BCUT2D eigenvalue weighted by Crippen LogP contribution is -2.19. The van der Waals surface area contributed by atoms with Gasteiger partial charge >= 0.3 is 0 Å². The third-order valence-corrected chi connectivity index (χ3v) is 4.11. The van der Waals surface area contributed by atoms with E-state index in [1.165, 1.54) is 5.56 Å². The molecule has 4 heteroatoms.